The SMILES string of the molecule is CCCC=Nc1nc(N(CC)CC)ncc1N(CC)C(=O)c1ccc(Cl)cc1. The van der Waals surface area contributed by atoms with Gasteiger partial charge in [0.15, 0.2) is 5.82 Å². The molecule has 0 aliphatic rings. The van der Waals surface area contributed by atoms with Crippen molar-refractivity contribution in [2.75, 3.05) is 29.4 Å². The van der Waals surface area contributed by atoms with E-state index in [1.54, 1.807) is 35.4 Å². The Kier molecular flexibility index (Phi) is 8.39. The van der Waals surface area contributed by atoms with E-state index in [1.165, 1.54) is 0 Å². The molecule has 0 fully saturated rings. The highest BCUT2D eigenvalue weighted by Gasteiger charge is 2.21. The number of hydrogen-bond donors (Lipinski definition) is 0. The van der Waals surface area contributed by atoms with Crippen LogP contribution in [0.3, 0.4) is 0 Å². The number of carbonyl (C=O) groups excluding carboxylic acids is 1. The molecule has 0 bridgehead atoms. The molecule has 2 aromatic rings. The third-order valence-electron chi connectivity index (χ3n) is 4.36. The minimum Gasteiger partial charge on any atom is -0.341 e. The second-order valence-corrected chi connectivity index (χ2v) is 6.64. The first-order chi connectivity index (χ1) is 13.5. The molecule has 0 saturated carbocycles. The Morgan fingerprint density at radius 2 is 1.79 bits per heavy atom. The summed E-state index contributed by atoms with van der Waals surface area (Å²) in [6.45, 7) is 10.2. The van der Waals surface area contributed by atoms with Crippen LogP contribution in [0.1, 0.15) is 50.9 Å². The topological polar surface area (TPSA) is 61.7 Å². The summed E-state index contributed by atoms with van der Waals surface area (Å²) in [5.74, 6) is 0.993. The molecule has 0 saturated heterocycles. The lowest BCUT2D eigenvalue weighted by molar-refractivity contribution is 0.0988. The van der Waals surface area contributed by atoms with E-state index in [0.29, 0.717) is 34.6 Å². The third kappa shape index (κ3) is 5.29. The van der Waals surface area contributed by atoms with E-state index < -0.39 is 0 Å². The van der Waals surface area contributed by atoms with Crippen molar-refractivity contribution < 1.29 is 4.79 Å². The summed E-state index contributed by atoms with van der Waals surface area (Å²) in [6, 6.07) is 6.86. The molecule has 150 valence electrons. The number of anilines is 2. The van der Waals surface area contributed by atoms with Gasteiger partial charge in [0, 0.05) is 36.4 Å². The van der Waals surface area contributed by atoms with Gasteiger partial charge in [0.25, 0.3) is 5.91 Å². The Balaban J connectivity index is 2.46. The van der Waals surface area contributed by atoms with Crippen LogP contribution < -0.4 is 9.80 Å². The van der Waals surface area contributed by atoms with Gasteiger partial charge in [-0.25, -0.2) is 9.98 Å². The van der Waals surface area contributed by atoms with Crippen LogP contribution in [0.5, 0.6) is 0 Å². The smallest absolute Gasteiger partial charge is 0.258 e. The number of rotatable bonds is 9. The Morgan fingerprint density at radius 3 is 2.36 bits per heavy atom. The summed E-state index contributed by atoms with van der Waals surface area (Å²) in [5, 5.41) is 0.594. The molecule has 6 nitrogen and oxygen atoms in total. The number of aromatic nitrogens is 2. The maximum atomic E-state index is 13.1. The van der Waals surface area contributed by atoms with Gasteiger partial charge in [-0.3, -0.25) is 4.79 Å². The molecule has 1 aromatic carbocycles. The summed E-state index contributed by atoms with van der Waals surface area (Å²) in [7, 11) is 0. The highest BCUT2D eigenvalue weighted by Crippen LogP contribution is 2.29. The second kappa shape index (κ2) is 10.8. The molecule has 0 aliphatic heterocycles. The average molecular weight is 402 g/mol. The molecular weight excluding hydrogens is 374 g/mol. The zero-order chi connectivity index (χ0) is 20.5. The lowest BCUT2D eigenvalue weighted by Crippen LogP contribution is -2.31. The van der Waals surface area contributed by atoms with Gasteiger partial charge in [0.1, 0.15) is 5.69 Å². The first-order valence-electron chi connectivity index (χ1n) is 9.77. The highest BCUT2D eigenvalue weighted by atomic mass is 35.5. The first-order valence-corrected chi connectivity index (χ1v) is 10.1. The minimum absolute atomic E-state index is 0.134. The fourth-order valence-corrected chi connectivity index (χ4v) is 2.88. The molecule has 0 radical (unpaired) electrons. The maximum absolute atomic E-state index is 13.1. The van der Waals surface area contributed by atoms with Gasteiger partial charge < -0.3 is 9.80 Å². The third-order valence-corrected chi connectivity index (χ3v) is 4.61. The summed E-state index contributed by atoms with van der Waals surface area (Å²) in [6.07, 6.45) is 5.38. The fraction of sp³-hybridized carbons (Fsp3) is 0.429. The van der Waals surface area contributed by atoms with Gasteiger partial charge in [0.2, 0.25) is 5.95 Å². The summed E-state index contributed by atoms with van der Waals surface area (Å²) in [5.41, 5.74) is 1.16. The maximum Gasteiger partial charge on any atom is 0.258 e. The molecule has 28 heavy (non-hydrogen) atoms. The van der Waals surface area contributed by atoms with Crippen LogP contribution in [0.4, 0.5) is 17.5 Å². The number of hydrogen-bond acceptors (Lipinski definition) is 5. The van der Waals surface area contributed by atoms with Gasteiger partial charge in [-0.15, -0.1) is 0 Å². The van der Waals surface area contributed by atoms with Crippen molar-refractivity contribution in [2.24, 2.45) is 4.99 Å². The molecule has 1 amide bonds. The zero-order valence-corrected chi connectivity index (χ0v) is 17.8. The molecular formula is C21H28ClN5O. The van der Waals surface area contributed by atoms with Crippen LogP contribution in [0, 0.1) is 0 Å². The van der Waals surface area contributed by atoms with E-state index in [0.717, 1.165) is 25.9 Å². The molecule has 0 spiro atoms. The van der Waals surface area contributed by atoms with E-state index in [2.05, 4.69) is 40.6 Å². The van der Waals surface area contributed by atoms with Crippen LogP contribution in [0.2, 0.25) is 5.02 Å². The summed E-state index contributed by atoms with van der Waals surface area (Å²) in [4.78, 5) is 30.5. The molecule has 2 rings (SSSR count). The van der Waals surface area contributed by atoms with E-state index in [9.17, 15) is 4.79 Å². The molecule has 0 aliphatic carbocycles. The number of aliphatic imine (C=N–C) groups is 1. The number of nitrogens with zero attached hydrogens (tertiary/aromatic N) is 5. The van der Waals surface area contributed by atoms with Crippen molar-refractivity contribution in [3.8, 4) is 0 Å². The molecule has 0 atom stereocenters. The van der Waals surface area contributed by atoms with Gasteiger partial charge in [-0.2, -0.15) is 4.98 Å². The summed E-state index contributed by atoms with van der Waals surface area (Å²) < 4.78 is 0. The van der Waals surface area contributed by atoms with E-state index in [4.69, 9.17) is 11.6 Å². The van der Waals surface area contributed by atoms with Crippen molar-refractivity contribution in [3.63, 3.8) is 0 Å². The molecule has 0 N–H and O–H groups in total. The molecule has 0 unspecified atom stereocenters. The average Bonchev–Trinajstić information content (AvgIpc) is 2.71. The lowest BCUT2D eigenvalue weighted by atomic mass is 10.2. The molecule has 7 heteroatoms. The van der Waals surface area contributed by atoms with E-state index in [1.807, 2.05) is 13.1 Å². The number of amides is 1. The number of unbranched alkanes of at least 4 members (excludes halogenated alkanes) is 1. The Labute approximate surface area is 172 Å². The number of benzene rings is 1. The zero-order valence-electron chi connectivity index (χ0n) is 17.0. The van der Waals surface area contributed by atoms with Crippen LogP contribution in [-0.2, 0) is 0 Å². The van der Waals surface area contributed by atoms with Crippen molar-refractivity contribution in [1.29, 1.82) is 0 Å². The van der Waals surface area contributed by atoms with Crippen molar-refractivity contribution >= 4 is 41.2 Å². The summed E-state index contributed by atoms with van der Waals surface area (Å²) >= 11 is 5.95. The van der Waals surface area contributed by atoms with Gasteiger partial charge >= 0.3 is 0 Å². The second-order valence-electron chi connectivity index (χ2n) is 6.21. The van der Waals surface area contributed by atoms with Crippen LogP contribution in [0.25, 0.3) is 0 Å². The minimum atomic E-state index is -0.134. The van der Waals surface area contributed by atoms with Gasteiger partial charge in [0.05, 0.1) is 6.20 Å². The number of halogens is 1. The lowest BCUT2D eigenvalue weighted by Gasteiger charge is -2.24. The first kappa shape index (κ1) is 21.8. The van der Waals surface area contributed by atoms with Crippen LogP contribution in [0.15, 0.2) is 35.5 Å². The molecule has 1 heterocycles. The Hall–Kier alpha value is -2.47. The van der Waals surface area contributed by atoms with E-state index >= 15 is 0 Å². The van der Waals surface area contributed by atoms with Crippen LogP contribution in [-0.4, -0.2) is 41.7 Å². The fourth-order valence-electron chi connectivity index (χ4n) is 2.75. The van der Waals surface area contributed by atoms with Crippen molar-refractivity contribution in [1.82, 2.24) is 9.97 Å². The Morgan fingerprint density at radius 1 is 1.11 bits per heavy atom. The monoisotopic (exact) mass is 401 g/mol. The Bertz CT molecular complexity index is 803. The quantitative estimate of drug-likeness (QED) is 0.545. The van der Waals surface area contributed by atoms with Crippen LogP contribution >= 0.6 is 11.6 Å². The van der Waals surface area contributed by atoms with Crippen molar-refractivity contribution in [2.45, 2.75) is 40.5 Å². The predicted molar refractivity (Wildman–Crippen MR) is 117 cm³/mol. The predicted octanol–water partition coefficient (Wildman–Crippen LogP) is 5.15. The standard InChI is InChI=1S/C21H28ClN5O/c1-5-9-14-23-19-18(15-24-21(25-19)26(6-2)7-3)27(8-4)20(28)16-10-12-17(22)13-11-16/h10-15H,5-9H2,1-4H3. The van der Waals surface area contributed by atoms with Crippen molar-refractivity contribution in [3.05, 3.63) is 41.0 Å². The number of carbonyl (C=O) groups is 1. The largest absolute Gasteiger partial charge is 0.341 e. The normalized spacial score (nSPS) is 11.0. The van der Waals surface area contributed by atoms with Gasteiger partial charge in [-0.05, 0) is 51.5 Å². The highest BCUT2D eigenvalue weighted by molar-refractivity contribution is 6.30. The van der Waals surface area contributed by atoms with Gasteiger partial charge in [-0.1, -0.05) is 24.9 Å². The molecule has 1 aromatic heterocycles. The van der Waals surface area contributed by atoms with E-state index in [-0.39, 0.29) is 5.91 Å².